The smallest absolute Gasteiger partial charge is 0.306 e. The summed E-state index contributed by atoms with van der Waals surface area (Å²) in [5.74, 6) is -0.250. The number of benzene rings is 1. The molecule has 0 bridgehead atoms. The third-order valence-electron chi connectivity index (χ3n) is 2.48. The van der Waals surface area contributed by atoms with Gasteiger partial charge < -0.3 is 5.32 Å². The van der Waals surface area contributed by atoms with Crippen molar-refractivity contribution in [2.45, 2.75) is 5.75 Å². The minimum absolute atomic E-state index is 0.213. The molecule has 0 fully saturated rings. The molecule has 8 heteroatoms. The van der Waals surface area contributed by atoms with Gasteiger partial charge in [-0.25, -0.2) is 0 Å². The maximum Gasteiger partial charge on any atom is 0.306 e. The van der Waals surface area contributed by atoms with Crippen LogP contribution in [0.1, 0.15) is 4.88 Å². The number of thioether (sulfide) groups is 1. The van der Waals surface area contributed by atoms with Crippen molar-refractivity contribution >= 4 is 40.4 Å². The zero-order valence-electron chi connectivity index (χ0n) is 10.7. The highest BCUT2D eigenvalue weighted by Crippen LogP contribution is 2.22. The average molecular weight is 326 g/mol. The molecule has 1 N–H and O–H groups in total. The van der Waals surface area contributed by atoms with E-state index in [1.165, 1.54) is 22.7 Å². The van der Waals surface area contributed by atoms with Crippen molar-refractivity contribution in [3.63, 3.8) is 0 Å². The van der Waals surface area contributed by atoms with Crippen LogP contribution in [-0.4, -0.2) is 16.6 Å². The molecule has 5 nitrogen and oxygen atoms in total. The van der Waals surface area contributed by atoms with Gasteiger partial charge in [0, 0.05) is 22.4 Å². The van der Waals surface area contributed by atoms with Gasteiger partial charge in [0.15, 0.2) is 0 Å². The summed E-state index contributed by atoms with van der Waals surface area (Å²) < 4.78 is 13.2. The van der Waals surface area contributed by atoms with Gasteiger partial charge in [-0.1, -0.05) is 6.07 Å². The number of rotatable bonds is 6. The van der Waals surface area contributed by atoms with Gasteiger partial charge in [0.05, 0.1) is 10.7 Å². The van der Waals surface area contributed by atoms with Gasteiger partial charge in [-0.2, -0.15) is 4.39 Å². The molecule has 0 saturated carbocycles. The molecule has 2 rings (SSSR count). The third kappa shape index (κ3) is 4.54. The molecule has 1 aromatic heterocycles. The minimum atomic E-state index is -0.926. The second-order valence-corrected chi connectivity index (χ2v) is 6.06. The quantitative estimate of drug-likeness (QED) is 0.649. The lowest BCUT2D eigenvalue weighted by Crippen LogP contribution is -2.14. The van der Waals surface area contributed by atoms with E-state index in [2.05, 4.69) is 5.32 Å². The van der Waals surface area contributed by atoms with Crippen LogP contribution >= 0.6 is 23.1 Å². The zero-order valence-corrected chi connectivity index (χ0v) is 12.4. The first-order valence-electron chi connectivity index (χ1n) is 5.90. The molecule has 0 radical (unpaired) electrons. The number of anilines is 1. The van der Waals surface area contributed by atoms with Gasteiger partial charge in [-0.15, -0.1) is 23.1 Å². The SMILES string of the molecule is O=C(CSCc1cccs1)Nc1ccc(F)c([N+](=O)[O-])c1. The molecular weight excluding hydrogens is 315 g/mol. The molecule has 0 atom stereocenters. The first-order valence-corrected chi connectivity index (χ1v) is 7.93. The number of carbonyl (C=O) groups is 1. The Morgan fingerprint density at radius 2 is 2.24 bits per heavy atom. The maximum absolute atomic E-state index is 13.2. The van der Waals surface area contributed by atoms with E-state index >= 15 is 0 Å². The summed E-state index contributed by atoms with van der Waals surface area (Å²) in [4.78, 5) is 22.7. The minimum Gasteiger partial charge on any atom is -0.325 e. The summed E-state index contributed by atoms with van der Waals surface area (Å²) in [6.45, 7) is 0. The van der Waals surface area contributed by atoms with Crippen LogP contribution in [0, 0.1) is 15.9 Å². The molecule has 1 heterocycles. The highest BCUT2D eigenvalue weighted by Gasteiger charge is 2.15. The number of halogens is 1. The van der Waals surface area contributed by atoms with Crippen LogP contribution in [0.3, 0.4) is 0 Å². The summed E-state index contributed by atoms with van der Waals surface area (Å²) in [6, 6.07) is 7.20. The lowest BCUT2D eigenvalue weighted by atomic mass is 10.2. The standard InChI is InChI=1S/C13H11FN2O3S2/c14-11-4-3-9(6-12(11)16(18)19)15-13(17)8-20-7-10-2-1-5-21-10/h1-6H,7-8H2,(H,15,17). The number of amides is 1. The lowest BCUT2D eigenvalue weighted by molar-refractivity contribution is -0.387. The summed E-state index contributed by atoms with van der Waals surface area (Å²) in [5, 5.41) is 15.1. The van der Waals surface area contributed by atoms with E-state index in [1.807, 2.05) is 17.5 Å². The van der Waals surface area contributed by atoms with E-state index in [-0.39, 0.29) is 17.3 Å². The summed E-state index contributed by atoms with van der Waals surface area (Å²) in [5.41, 5.74) is -0.441. The molecule has 0 aliphatic carbocycles. The number of nitrogens with one attached hydrogen (secondary N) is 1. The van der Waals surface area contributed by atoms with Crippen molar-refractivity contribution < 1.29 is 14.1 Å². The van der Waals surface area contributed by atoms with Crippen LogP contribution < -0.4 is 5.32 Å². The molecular formula is C13H11FN2O3S2. The Balaban J connectivity index is 1.87. The fourth-order valence-electron chi connectivity index (χ4n) is 1.57. The second-order valence-electron chi connectivity index (χ2n) is 4.04. The molecule has 1 aromatic carbocycles. The monoisotopic (exact) mass is 326 g/mol. The van der Waals surface area contributed by atoms with Crippen LogP contribution in [0.2, 0.25) is 0 Å². The molecule has 0 aliphatic rings. The maximum atomic E-state index is 13.2. The average Bonchev–Trinajstić information content (AvgIpc) is 2.94. The Labute approximate surface area is 128 Å². The summed E-state index contributed by atoms with van der Waals surface area (Å²) in [6.07, 6.45) is 0. The van der Waals surface area contributed by atoms with Crippen LogP contribution in [0.5, 0.6) is 0 Å². The van der Waals surface area contributed by atoms with E-state index in [0.717, 1.165) is 17.9 Å². The number of hydrogen-bond acceptors (Lipinski definition) is 5. The van der Waals surface area contributed by atoms with Crippen LogP contribution in [0.4, 0.5) is 15.8 Å². The van der Waals surface area contributed by atoms with Crippen LogP contribution in [0.25, 0.3) is 0 Å². The second kappa shape index (κ2) is 7.19. The number of thiophene rings is 1. The molecule has 1 amide bonds. The first-order chi connectivity index (χ1) is 10.1. The van der Waals surface area contributed by atoms with Crippen molar-refractivity contribution in [3.8, 4) is 0 Å². The number of nitro groups is 1. The van der Waals surface area contributed by atoms with Gasteiger partial charge in [-0.05, 0) is 23.6 Å². The normalized spacial score (nSPS) is 10.3. The van der Waals surface area contributed by atoms with Gasteiger partial charge >= 0.3 is 5.69 Å². The zero-order chi connectivity index (χ0) is 15.2. The van der Waals surface area contributed by atoms with E-state index in [0.29, 0.717) is 0 Å². The number of hydrogen-bond donors (Lipinski definition) is 1. The number of nitrogens with zero attached hydrogens (tertiary/aromatic N) is 1. The van der Waals surface area contributed by atoms with E-state index in [1.54, 1.807) is 11.3 Å². The van der Waals surface area contributed by atoms with Crippen molar-refractivity contribution in [3.05, 3.63) is 56.5 Å². The Morgan fingerprint density at radius 3 is 2.90 bits per heavy atom. The largest absolute Gasteiger partial charge is 0.325 e. The molecule has 0 unspecified atom stereocenters. The topological polar surface area (TPSA) is 72.2 Å². The molecule has 0 spiro atoms. The first kappa shape index (κ1) is 15.5. The van der Waals surface area contributed by atoms with Crippen LogP contribution in [0.15, 0.2) is 35.7 Å². The summed E-state index contributed by atoms with van der Waals surface area (Å²) >= 11 is 3.06. The lowest BCUT2D eigenvalue weighted by Gasteiger charge is -2.05. The number of carbonyl (C=O) groups excluding carboxylic acids is 1. The summed E-state index contributed by atoms with van der Waals surface area (Å²) in [7, 11) is 0. The highest BCUT2D eigenvalue weighted by atomic mass is 32.2. The van der Waals surface area contributed by atoms with Gasteiger partial charge in [-0.3, -0.25) is 14.9 Å². The highest BCUT2D eigenvalue weighted by molar-refractivity contribution is 7.99. The van der Waals surface area contributed by atoms with Crippen molar-refractivity contribution in [1.82, 2.24) is 0 Å². The Morgan fingerprint density at radius 1 is 1.43 bits per heavy atom. The van der Waals surface area contributed by atoms with Crippen LogP contribution in [-0.2, 0) is 10.5 Å². The Hall–Kier alpha value is -1.93. The van der Waals surface area contributed by atoms with Crippen molar-refractivity contribution in [1.29, 1.82) is 0 Å². The molecule has 0 saturated heterocycles. The fraction of sp³-hybridized carbons (Fsp3) is 0.154. The number of nitro benzene ring substituents is 1. The van der Waals surface area contributed by atoms with E-state index in [4.69, 9.17) is 0 Å². The molecule has 0 aliphatic heterocycles. The van der Waals surface area contributed by atoms with Gasteiger partial charge in [0.1, 0.15) is 0 Å². The predicted molar refractivity (Wildman–Crippen MR) is 82.2 cm³/mol. The van der Waals surface area contributed by atoms with E-state index < -0.39 is 16.4 Å². The molecule has 2 aromatic rings. The Kier molecular flexibility index (Phi) is 5.29. The van der Waals surface area contributed by atoms with Gasteiger partial charge in [0.25, 0.3) is 0 Å². The predicted octanol–water partition coefficient (Wildman–Crippen LogP) is 3.67. The third-order valence-corrected chi connectivity index (χ3v) is 4.52. The fourth-order valence-corrected chi connectivity index (χ4v) is 3.23. The Bertz CT molecular complexity index is 647. The van der Waals surface area contributed by atoms with Crippen molar-refractivity contribution in [2.75, 3.05) is 11.1 Å². The van der Waals surface area contributed by atoms with E-state index in [9.17, 15) is 19.3 Å². The van der Waals surface area contributed by atoms with Gasteiger partial charge in [0.2, 0.25) is 11.7 Å². The molecule has 21 heavy (non-hydrogen) atoms. The van der Waals surface area contributed by atoms with Crippen molar-refractivity contribution in [2.24, 2.45) is 0 Å². The molecule has 110 valence electrons.